The van der Waals surface area contributed by atoms with Crippen molar-refractivity contribution in [2.24, 2.45) is 5.41 Å². The molecule has 1 rings (SSSR count). The largest absolute Gasteiger partial charge is 0.348 e. The first-order valence-electron chi connectivity index (χ1n) is 6.78. The van der Waals surface area contributed by atoms with Crippen molar-refractivity contribution in [1.29, 1.82) is 5.26 Å². The third-order valence-electron chi connectivity index (χ3n) is 3.78. The number of amides is 1. The van der Waals surface area contributed by atoms with E-state index in [1.54, 1.807) is 0 Å². The SMILES string of the molecule is CCC(C#N)(CC)C(=O)NC(C)c1ccc(C)cc1. The van der Waals surface area contributed by atoms with Crippen molar-refractivity contribution in [3.8, 4) is 6.07 Å². The van der Waals surface area contributed by atoms with Gasteiger partial charge in [-0.15, -0.1) is 0 Å². The van der Waals surface area contributed by atoms with Gasteiger partial charge in [0.25, 0.3) is 0 Å². The number of nitriles is 1. The highest BCUT2D eigenvalue weighted by Gasteiger charge is 2.35. The number of aryl methyl sites for hydroxylation is 1. The Balaban J connectivity index is 2.82. The lowest BCUT2D eigenvalue weighted by Crippen LogP contribution is -2.40. The zero-order chi connectivity index (χ0) is 14.5. The van der Waals surface area contributed by atoms with E-state index in [1.807, 2.05) is 52.0 Å². The van der Waals surface area contributed by atoms with Gasteiger partial charge in [-0.1, -0.05) is 43.7 Å². The van der Waals surface area contributed by atoms with Gasteiger partial charge < -0.3 is 5.32 Å². The van der Waals surface area contributed by atoms with Crippen LogP contribution < -0.4 is 5.32 Å². The second-order valence-electron chi connectivity index (χ2n) is 5.01. The summed E-state index contributed by atoms with van der Waals surface area (Å²) in [5.41, 5.74) is 1.34. The van der Waals surface area contributed by atoms with Gasteiger partial charge in [0.05, 0.1) is 12.1 Å². The minimum absolute atomic E-state index is 0.0843. The van der Waals surface area contributed by atoms with Gasteiger partial charge in [-0.3, -0.25) is 4.79 Å². The van der Waals surface area contributed by atoms with Gasteiger partial charge in [0.2, 0.25) is 5.91 Å². The van der Waals surface area contributed by atoms with Crippen molar-refractivity contribution in [3.05, 3.63) is 35.4 Å². The second-order valence-corrected chi connectivity index (χ2v) is 5.01. The highest BCUT2D eigenvalue weighted by molar-refractivity contribution is 5.85. The van der Waals surface area contributed by atoms with Crippen molar-refractivity contribution in [3.63, 3.8) is 0 Å². The summed E-state index contributed by atoms with van der Waals surface area (Å²) in [6.07, 6.45) is 1.07. The van der Waals surface area contributed by atoms with Crippen LogP contribution in [0.5, 0.6) is 0 Å². The van der Waals surface area contributed by atoms with E-state index in [9.17, 15) is 10.1 Å². The third kappa shape index (κ3) is 3.35. The van der Waals surface area contributed by atoms with Gasteiger partial charge in [0.1, 0.15) is 5.41 Å². The number of rotatable bonds is 5. The fraction of sp³-hybridized carbons (Fsp3) is 0.500. The van der Waals surface area contributed by atoms with Crippen molar-refractivity contribution < 1.29 is 4.79 Å². The normalized spacial score (nSPS) is 12.6. The van der Waals surface area contributed by atoms with Crippen LogP contribution in [0.1, 0.15) is 50.8 Å². The van der Waals surface area contributed by atoms with Crippen LogP contribution in [0.25, 0.3) is 0 Å². The zero-order valence-corrected chi connectivity index (χ0v) is 12.2. The molecule has 0 bridgehead atoms. The molecule has 1 atom stereocenters. The Kier molecular flexibility index (Phi) is 5.11. The molecular weight excluding hydrogens is 236 g/mol. The van der Waals surface area contributed by atoms with E-state index in [2.05, 4.69) is 11.4 Å². The molecular formula is C16H22N2O. The second kappa shape index (κ2) is 6.38. The molecule has 102 valence electrons. The van der Waals surface area contributed by atoms with Crippen LogP contribution in [0.3, 0.4) is 0 Å². The average Bonchev–Trinajstić information content (AvgIpc) is 2.42. The van der Waals surface area contributed by atoms with E-state index in [1.165, 1.54) is 5.56 Å². The van der Waals surface area contributed by atoms with Crippen LogP contribution in [-0.2, 0) is 4.79 Å². The molecule has 0 aliphatic carbocycles. The van der Waals surface area contributed by atoms with E-state index in [0.29, 0.717) is 12.8 Å². The molecule has 3 nitrogen and oxygen atoms in total. The van der Waals surface area contributed by atoms with Crippen LogP contribution in [-0.4, -0.2) is 5.91 Å². The van der Waals surface area contributed by atoms with Gasteiger partial charge in [-0.2, -0.15) is 5.26 Å². The lowest BCUT2D eigenvalue weighted by Gasteiger charge is -2.25. The first-order valence-corrected chi connectivity index (χ1v) is 6.78. The summed E-state index contributed by atoms with van der Waals surface area (Å²) in [5.74, 6) is -0.173. The summed E-state index contributed by atoms with van der Waals surface area (Å²) in [6, 6.07) is 10.1. The van der Waals surface area contributed by atoms with Crippen LogP contribution in [0, 0.1) is 23.7 Å². The molecule has 1 N–H and O–H groups in total. The smallest absolute Gasteiger partial charge is 0.240 e. The molecule has 0 radical (unpaired) electrons. The number of nitrogens with zero attached hydrogens (tertiary/aromatic N) is 1. The number of carbonyl (C=O) groups excluding carboxylic acids is 1. The van der Waals surface area contributed by atoms with Crippen LogP contribution in [0.4, 0.5) is 0 Å². The lowest BCUT2D eigenvalue weighted by molar-refractivity contribution is -0.129. The van der Waals surface area contributed by atoms with Gasteiger partial charge in [-0.05, 0) is 32.3 Å². The van der Waals surface area contributed by atoms with Gasteiger partial charge in [0, 0.05) is 0 Å². The quantitative estimate of drug-likeness (QED) is 0.878. The molecule has 1 amide bonds. The molecule has 0 fully saturated rings. The van der Waals surface area contributed by atoms with Crippen molar-refractivity contribution in [2.45, 2.75) is 46.6 Å². The maximum absolute atomic E-state index is 12.3. The van der Waals surface area contributed by atoms with Crippen LogP contribution >= 0.6 is 0 Å². The maximum atomic E-state index is 12.3. The first-order chi connectivity index (χ1) is 8.99. The summed E-state index contributed by atoms with van der Waals surface area (Å²) in [7, 11) is 0. The van der Waals surface area contributed by atoms with Crippen molar-refractivity contribution >= 4 is 5.91 Å². The Morgan fingerprint density at radius 1 is 1.32 bits per heavy atom. The van der Waals surface area contributed by atoms with E-state index >= 15 is 0 Å². The number of hydrogen-bond acceptors (Lipinski definition) is 2. The first kappa shape index (κ1) is 15.2. The molecule has 0 aromatic heterocycles. The fourth-order valence-electron chi connectivity index (χ4n) is 2.05. The summed E-state index contributed by atoms with van der Waals surface area (Å²) in [6.45, 7) is 7.73. The monoisotopic (exact) mass is 258 g/mol. The summed E-state index contributed by atoms with van der Waals surface area (Å²) < 4.78 is 0. The van der Waals surface area contributed by atoms with Crippen molar-refractivity contribution in [2.75, 3.05) is 0 Å². The Hall–Kier alpha value is -1.82. The average molecular weight is 258 g/mol. The molecule has 19 heavy (non-hydrogen) atoms. The van der Waals surface area contributed by atoms with E-state index in [-0.39, 0.29) is 11.9 Å². The maximum Gasteiger partial charge on any atom is 0.240 e. The molecule has 1 aromatic rings. The van der Waals surface area contributed by atoms with Gasteiger partial charge >= 0.3 is 0 Å². The summed E-state index contributed by atoms with van der Waals surface area (Å²) >= 11 is 0. The van der Waals surface area contributed by atoms with E-state index in [0.717, 1.165) is 5.56 Å². The van der Waals surface area contributed by atoms with Crippen LogP contribution in [0.15, 0.2) is 24.3 Å². The van der Waals surface area contributed by atoms with Crippen molar-refractivity contribution in [1.82, 2.24) is 5.32 Å². The minimum Gasteiger partial charge on any atom is -0.348 e. The van der Waals surface area contributed by atoms with Gasteiger partial charge in [0.15, 0.2) is 0 Å². The summed E-state index contributed by atoms with van der Waals surface area (Å²) in [4.78, 5) is 12.3. The van der Waals surface area contributed by atoms with Gasteiger partial charge in [-0.25, -0.2) is 0 Å². The Morgan fingerprint density at radius 2 is 1.84 bits per heavy atom. The predicted octanol–water partition coefficient (Wildman–Crippen LogP) is 3.50. The molecule has 0 saturated carbocycles. The highest BCUT2D eigenvalue weighted by atomic mass is 16.2. The molecule has 3 heteroatoms. The molecule has 1 aromatic carbocycles. The third-order valence-corrected chi connectivity index (χ3v) is 3.78. The number of carbonyl (C=O) groups is 1. The highest BCUT2D eigenvalue weighted by Crippen LogP contribution is 2.27. The Morgan fingerprint density at radius 3 is 2.26 bits per heavy atom. The lowest BCUT2D eigenvalue weighted by atomic mass is 9.82. The molecule has 0 spiro atoms. The fourth-order valence-corrected chi connectivity index (χ4v) is 2.05. The molecule has 0 aliphatic heterocycles. The predicted molar refractivity (Wildman–Crippen MR) is 76.4 cm³/mol. The number of benzene rings is 1. The van der Waals surface area contributed by atoms with Crippen LogP contribution in [0.2, 0.25) is 0 Å². The number of nitrogens with one attached hydrogen (secondary N) is 1. The standard InChI is InChI=1S/C16H22N2O/c1-5-16(6-2,11-17)15(19)18-13(4)14-9-7-12(3)8-10-14/h7-10,13H,5-6H2,1-4H3,(H,18,19). The molecule has 0 aliphatic rings. The molecule has 0 saturated heterocycles. The van der Waals surface area contributed by atoms with E-state index < -0.39 is 5.41 Å². The number of hydrogen-bond donors (Lipinski definition) is 1. The zero-order valence-electron chi connectivity index (χ0n) is 12.2. The molecule has 0 heterocycles. The Bertz CT molecular complexity index is 467. The summed E-state index contributed by atoms with van der Waals surface area (Å²) in [5, 5.41) is 12.2. The molecule has 1 unspecified atom stereocenters. The van der Waals surface area contributed by atoms with E-state index in [4.69, 9.17) is 0 Å². The minimum atomic E-state index is -0.904. The Labute approximate surface area is 115 Å². The topological polar surface area (TPSA) is 52.9 Å².